The zero-order valence-electron chi connectivity index (χ0n) is 15.6. The standard InChI is InChI=1S/C19H17ClN6OS2/c1-10-5-6-11(20)8-13(10)23-14(27)9-28-19-25-24-17(26(19)2)16-15(21)12-4-3-7-22-18(12)29-16/h3-8H,9,21H2,1-2H3,(H,23,27). The predicted octanol–water partition coefficient (Wildman–Crippen LogP) is 4.37. The topological polar surface area (TPSA) is 98.7 Å². The second-order valence-corrected chi connectivity index (χ2v) is 8.74. The number of fused-ring (bicyclic) bond motifs is 1. The number of nitrogens with zero attached hydrogens (tertiary/aromatic N) is 4. The molecule has 10 heteroatoms. The fourth-order valence-electron chi connectivity index (χ4n) is 2.80. The van der Waals surface area contributed by atoms with Crippen molar-refractivity contribution in [2.24, 2.45) is 7.05 Å². The number of nitrogens with one attached hydrogen (secondary N) is 1. The lowest BCUT2D eigenvalue weighted by molar-refractivity contribution is -0.113. The number of aryl methyl sites for hydroxylation is 1. The normalized spacial score (nSPS) is 11.1. The Kier molecular flexibility index (Phi) is 5.44. The predicted molar refractivity (Wildman–Crippen MR) is 120 cm³/mol. The van der Waals surface area contributed by atoms with Gasteiger partial charge in [0.05, 0.1) is 16.3 Å². The highest BCUT2D eigenvalue weighted by atomic mass is 35.5. The number of thioether (sulfide) groups is 1. The van der Waals surface area contributed by atoms with Crippen LogP contribution in [0.1, 0.15) is 5.56 Å². The van der Waals surface area contributed by atoms with Gasteiger partial charge in [0, 0.05) is 29.3 Å². The molecule has 0 aliphatic carbocycles. The zero-order valence-corrected chi connectivity index (χ0v) is 18.0. The van der Waals surface area contributed by atoms with Crippen molar-refractivity contribution in [2.45, 2.75) is 12.1 Å². The molecule has 148 valence electrons. The molecule has 0 aliphatic heterocycles. The number of pyridine rings is 1. The maximum atomic E-state index is 12.4. The molecular formula is C19H17ClN6OS2. The number of benzene rings is 1. The number of carbonyl (C=O) groups is 1. The van der Waals surface area contributed by atoms with E-state index in [0.717, 1.165) is 20.7 Å². The molecule has 0 saturated carbocycles. The zero-order chi connectivity index (χ0) is 20.5. The van der Waals surface area contributed by atoms with Crippen LogP contribution in [0.5, 0.6) is 0 Å². The van der Waals surface area contributed by atoms with Crippen LogP contribution in [0.4, 0.5) is 11.4 Å². The third-order valence-corrected chi connectivity index (χ3v) is 6.73. The number of nitrogen functional groups attached to an aromatic ring is 1. The molecule has 7 nitrogen and oxygen atoms in total. The monoisotopic (exact) mass is 444 g/mol. The number of aromatic nitrogens is 4. The van der Waals surface area contributed by atoms with E-state index in [-0.39, 0.29) is 11.7 Å². The van der Waals surface area contributed by atoms with Crippen molar-refractivity contribution in [1.29, 1.82) is 0 Å². The van der Waals surface area contributed by atoms with Crippen molar-refractivity contribution in [3.63, 3.8) is 0 Å². The Labute approximate surface area is 180 Å². The molecule has 4 aromatic rings. The summed E-state index contributed by atoms with van der Waals surface area (Å²) in [4.78, 5) is 18.4. The Bertz CT molecular complexity index is 1220. The second-order valence-electron chi connectivity index (χ2n) is 6.36. The van der Waals surface area contributed by atoms with Gasteiger partial charge in [0.2, 0.25) is 5.91 Å². The maximum absolute atomic E-state index is 12.4. The molecule has 0 fully saturated rings. The second kappa shape index (κ2) is 8.02. The van der Waals surface area contributed by atoms with Gasteiger partial charge in [0.25, 0.3) is 0 Å². The minimum absolute atomic E-state index is 0.143. The Balaban J connectivity index is 1.49. The third kappa shape index (κ3) is 3.93. The highest BCUT2D eigenvalue weighted by Crippen LogP contribution is 2.39. The first-order valence-corrected chi connectivity index (χ1v) is 10.8. The van der Waals surface area contributed by atoms with Gasteiger partial charge in [-0.25, -0.2) is 4.98 Å². The molecule has 3 aromatic heterocycles. The average molecular weight is 445 g/mol. The summed E-state index contributed by atoms with van der Waals surface area (Å²) in [5, 5.41) is 13.5. The summed E-state index contributed by atoms with van der Waals surface area (Å²) in [5.74, 6) is 0.705. The van der Waals surface area contributed by atoms with Crippen LogP contribution in [-0.2, 0) is 11.8 Å². The number of carbonyl (C=O) groups excluding carboxylic acids is 1. The van der Waals surface area contributed by atoms with Crippen molar-refractivity contribution in [3.05, 3.63) is 47.1 Å². The van der Waals surface area contributed by atoms with E-state index >= 15 is 0 Å². The van der Waals surface area contributed by atoms with Gasteiger partial charge in [0.15, 0.2) is 11.0 Å². The highest BCUT2D eigenvalue weighted by Gasteiger charge is 2.19. The van der Waals surface area contributed by atoms with Crippen LogP contribution < -0.4 is 11.1 Å². The lowest BCUT2D eigenvalue weighted by atomic mass is 10.2. The quantitative estimate of drug-likeness (QED) is 0.443. The molecule has 0 aliphatic rings. The summed E-state index contributed by atoms with van der Waals surface area (Å²) < 4.78 is 1.84. The van der Waals surface area contributed by atoms with Crippen LogP contribution in [0.3, 0.4) is 0 Å². The van der Waals surface area contributed by atoms with E-state index in [1.165, 1.54) is 23.1 Å². The summed E-state index contributed by atoms with van der Waals surface area (Å²) in [6, 6.07) is 9.18. The molecule has 0 saturated heterocycles. The van der Waals surface area contributed by atoms with Gasteiger partial charge in [0.1, 0.15) is 4.83 Å². The molecule has 0 bridgehead atoms. The van der Waals surface area contributed by atoms with Crippen LogP contribution in [0.25, 0.3) is 20.9 Å². The minimum atomic E-state index is -0.143. The Morgan fingerprint density at radius 1 is 1.34 bits per heavy atom. The molecule has 3 heterocycles. The lowest BCUT2D eigenvalue weighted by Crippen LogP contribution is -2.15. The van der Waals surface area contributed by atoms with Crippen LogP contribution in [-0.4, -0.2) is 31.4 Å². The van der Waals surface area contributed by atoms with E-state index in [4.69, 9.17) is 17.3 Å². The van der Waals surface area contributed by atoms with E-state index in [0.29, 0.717) is 27.4 Å². The first-order valence-electron chi connectivity index (χ1n) is 8.65. The first kappa shape index (κ1) is 19.7. The average Bonchev–Trinajstić information content (AvgIpc) is 3.23. The van der Waals surface area contributed by atoms with Gasteiger partial charge in [-0.05, 0) is 36.8 Å². The van der Waals surface area contributed by atoms with Gasteiger partial charge in [-0.2, -0.15) is 0 Å². The van der Waals surface area contributed by atoms with Crippen LogP contribution in [0.15, 0.2) is 41.7 Å². The summed E-state index contributed by atoms with van der Waals surface area (Å²) >= 11 is 8.78. The molecule has 3 N–H and O–H groups in total. The molecule has 1 aromatic carbocycles. The van der Waals surface area contributed by atoms with Gasteiger partial charge in [-0.1, -0.05) is 29.4 Å². The molecule has 29 heavy (non-hydrogen) atoms. The molecule has 4 rings (SSSR count). The Hall–Kier alpha value is -2.62. The van der Waals surface area contributed by atoms with E-state index in [1.54, 1.807) is 18.3 Å². The molecule has 1 amide bonds. The van der Waals surface area contributed by atoms with Crippen molar-refractivity contribution in [2.75, 3.05) is 16.8 Å². The number of thiophene rings is 1. The van der Waals surface area contributed by atoms with Gasteiger partial charge >= 0.3 is 0 Å². The molecule has 0 radical (unpaired) electrons. The third-order valence-electron chi connectivity index (χ3n) is 4.35. The van der Waals surface area contributed by atoms with Crippen molar-refractivity contribution >= 4 is 62.2 Å². The molecule has 0 unspecified atom stereocenters. The maximum Gasteiger partial charge on any atom is 0.234 e. The highest BCUT2D eigenvalue weighted by molar-refractivity contribution is 7.99. The van der Waals surface area contributed by atoms with Crippen molar-refractivity contribution in [3.8, 4) is 10.7 Å². The Morgan fingerprint density at radius 3 is 2.97 bits per heavy atom. The van der Waals surface area contributed by atoms with E-state index in [1.807, 2.05) is 36.7 Å². The smallest absolute Gasteiger partial charge is 0.234 e. The summed E-state index contributed by atoms with van der Waals surface area (Å²) in [6.07, 6.45) is 1.74. The van der Waals surface area contributed by atoms with E-state index in [9.17, 15) is 4.79 Å². The lowest BCUT2D eigenvalue weighted by Gasteiger charge is -2.08. The number of hydrogen-bond donors (Lipinski definition) is 2. The molecular weight excluding hydrogens is 428 g/mol. The fourth-order valence-corrected chi connectivity index (χ4v) is 4.77. The number of anilines is 2. The largest absolute Gasteiger partial charge is 0.397 e. The first-order chi connectivity index (χ1) is 13.9. The SMILES string of the molecule is Cc1ccc(Cl)cc1NC(=O)CSc1nnc(-c2sc3ncccc3c2N)n1C. The molecule has 0 atom stereocenters. The number of rotatable bonds is 5. The van der Waals surface area contributed by atoms with Crippen molar-refractivity contribution < 1.29 is 4.79 Å². The van der Waals surface area contributed by atoms with Gasteiger partial charge < -0.3 is 15.6 Å². The fraction of sp³-hybridized carbons (Fsp3) is 0.158. The summed E-state index contributed by atoms with van der Waals surface area (Å²) in [5.41, 5.74) is 8.58. The molecule has 0 spiro atoms. The Morgan fingerprint density at radius 2 is 2.17 bits per heavy atom. The van der Waals surface area contributed by atoms with E-state index in [2.05, 4.69) is 20.5 Å². The van der Waals surface area contributed by atoms with Crippen LogP contribution >= 0.6 is 34.7 Å². The minimum Gasteiger partial charge on any atom is -0.397 e. The van der Waals surface area contributed by atoms with Crippen LogP contribution in [0, 0.1) is 6.92 Å². The van der Waals surface area contributed by atoms with E-state index < -0.39 is 0 Å². The number of hydrogen-bond acceptors (Lipinski definition) is 7. The van der Waals surface area contributed by atoms with Crippen LogP contribution in [0.2, 0.25) is 5.02 Å². The number of halogens is 1. The van der Waals surface area contributed by atoms with Crippen molar-refractivity contribution in [1.82, 2.24) is 19.7 Å². The summed E-state index contributed by atoms with van der Waals surface area (Å²) in [6.45, 7) is 1.91. The number of nitrogens with two attached hydrogens (primary N) is 1. The van der Waals surface area contributed by atoms with Gasteiger partial charge in [-0.3, -0.25) is 4.79 Å². The summed E-state index contributed by atoms with van der Waals surface area (Å²) in [7, 11) is 1.86. The number of amides is 1. The van der Waals surface area contributed by atoms with Gasteiger partial charge in [-0.15, -0.1) is 21.5 Å².